The van der Waals surface area contributed by atoms with Crippen LogP contribution in [0.1, 0.15) is 17.7 Å². The van der Waals surface area contributed by atoms with Crippen molar-refractivity contribution < 1.29 is 18.7 Å². The third kappa shape index (κ3) is 4.82. The van der Waals surface area contributed by atoms with Crippen LogP contribution in [0.5, 0.6) is 11.6 Å². The topological polar surface area (TPSA) is 68.3 Å². The second-order valence-corrected chi connectivity index (χ2v) is 10.2. The Bertz CT molecular complexity index is 1360. The number of aromatic nitrogens is 1. The van der Waals surface area contributed by atoms with E-state index in [1.165, 1.54) is 35.6 Å². The van der Waals surface area contributed by atoms with Crippen LogP contribution < -0.4 is 10.1 Å². The normalized spacial score (nSPS) is 19.9. The van der Waals surface area contributed by atoms with Gasteiger partial charge in [-0.2, -0.15) is 11.3 Å². The summed E-state index contributed by atoms with van der Waals surface area (Å²) in [7, 11) is 0. The number of thioether (sulfide) groups is 1. The number of ketones is 1. The summed E-state index contributed by atoms with van der Waals surface area (Å²) in [5.41, 5.74) is 0.0867. The minimum atomic E-state index is -1.14. The van der Waals surface area contributed by atoms with Gasteiger partial charge in [-0.3, -0.25) is 9.59 Å². The lowest BCUT2D eigenvalue weighted by molar-refractivity contribution is -0.133. The molecule has 2 aromatic heterocycles. The monoisotopic (exact) mass is 524 g/mol. The van der Waals surface area contributed by atoms with Crippen molar-refractivity contribution in [2.24, 2.45) is 0 Å². The van der Waals surface area contributed by atoms with Crippen molar-refractivity contribution in [2.75, 3.05) is 0 Å². The Kier molecular flexibility index (Phi) is 6.60. The molecule has 1 aliphatic rings. The molecule has 35 heavy (non-hydrogen) atoms. The number of hydrogen-bond donors (Lipinski definition) is 1. The molecule has 1 amide bonds. The lowest BCUT2D eigenvalue weighted by Crippen LogP contribution is -2.58. The van der Waals surface area contributed by atoms with E-state index in [4.69, 9.17) is 16.3 Å². The van der Waals surface area contributed by atoms with Gasteiger partial charge in [0.15, 0.2) is 5.78 Å². The fourth-order valence-corrected chi connectivity index (χ4v) is 5.90. The van der Waals surface area contributed by atoms with Gasteiger partial charge in [-0.05, 0) is 64.9 Å². The quantitative estimate of drug-likeness (QED) is 0.303. The number of pyridine rings is 1. The number of nitrogens with zero attached hydrogens (tertiary/aromatic N) is 1. The number of thiophene rings is 1. The van der Waals surface area contributed by atoms with Gasteiger partial charge >= 0.3 is 0 Å². The van der Waals surface area contributed by atoms with E-state index in [0.717, 1.165) is 17.3 Å². The maximum Gasteiger partial charge on any atom is 0.242 e. The number of rotatable bonds is 6. The molecule has 9 heteroatoms. The van der Waals surface area contributed by atoms with E-state index in [9.17, 15) is 14.0 Å². The number of Topliss-reactive ketones (excluding diaryl/α,β-unsaturated/α-hetero) is 1. The van der Waals surface area contributed by atoms with Crippen LogP contribution in [0.2, 0.25) is 5.02 Å². The highest BCUT2D eigenvalue weighted by Crippen LogP contribution is 2.41. The van der Waals surface area contributed by atoms with Gasteiger partial charge < -0.3 is 10.1 Å². The first-order valence-corrected chi connectivity index (χ1v) is 12.8. The van der Waals surface area contributed by atoms with Crippen LogP contribution in [0.3, 0.4) is 0 Å². The number of carbonyl (C=O) groups is 2. The van der Waals surface area contributed by atoms with Crippen molar-refractivity contribution in [3.63, 3.8) is 0 Å². The van der Waals surface area contributed by atoms with E-state index in [1.807, 2.05) is 22.9 Å². The van der Waals surface area contributed by atoms with Crippen LogP contribution in [0, 0.1) is 5.82 Å². The molecule has 4 aromatic rings. The van der Waals surface area contributed by atoms with Crippen molar-refractivity contribution in [1.29, 1.82) is 0 Å². The summed E-state index contributed by atoms with van der Waals surface area (Å²) < 4.78 is 19.1. The average molecular weight is 525 g/mol. The molecule has 2 aromatic carbocycles. The molecular weight excluding hydrogens is 507 g/mol. The Balaban J connectivity index is 1.48. The Morgan fingerprint density at radius 2 is 1.86 bits per heavy atom. The first-order chi connectivity index (χ1) is 16.9. The summed E-state index contributed by atoms with van der Waals surface area (Å²) in [5, 5.41) is 6.42. The zero-order chi connectivity index (χ0) is 24.4. The van der Waals surface area contributed by atoms with Crippen molar-refractivity contribution >= 4 is 46.4 Å². The molecule has 1 N–H and O–H groups in total. The molecule has 1 aliphatic heterocycles. The van der Waals surface area contributed by atoms with Gasteiger partial charge in [-0.15, -0.1) is 11.8 Å². The molecule has 2 unspecified atom stereocenters. The van der Waals surface area contributed by atoms with Gasteiger partial charge in [0.1, 0.15) is 22.4 Å². The summed E-state index contributed by atoms with van der Waals surface area (Å²) >= 11 is 8.86. The molecule has 176 valence electrons. The van der Waals surface area contributed by atoms with Crippen molar-refractivity contribution in [2.45, 2.75) is 22.1 Å². The van der Waals surface area contributed by atoms with Gasteiger partial charge in [0.05, 0.1) is 10.7 Å². The third-order valence-corrected chi connectivity index (χ3v) is 8.05. The number of ether oxygens (including phenoxy) is 1. The number of amides is 1. The fraction of sp³-hybridized carbons (Fsp3) is 0.115. The fourth-order valence-electron chi connectivity index (χ4n) is 3.92. The van der Waals surface area contributed by atoms with Gasteiger partial charge in [-0.1, -0.05) is 29.8 Å². The zero-order valence-corrected chi connectivity index (χ0v) is 20.5. The van der Waals surface area contributed by atoms with Gasteiger partial charge in [0.25, 0.3) is 0 Å². The van der Waals surface area contributed by atoms with E-state index >= 15 is 0 Å². The molecule has 5 nitrogen and oxygen atoms in total. The van der Waals surface area contributed by atoms with Crippen LogP contribution in [0.25, 0.3) is 0 Å². The summed E-state index contributed by atoms with van der Waals surface area (Å²) in [5.74, 6) is -0.331. The molecule has 0 bridgehead atoms. The van der Waals surface area contributed by atoms with Crippen LogP contribution >= 0.6 is 34.7 Å². The predicted molar refractivity (Wildman–Crippen MR) is 135 cm³/mol. The van der Waals surface area contributed by atoms with Gasteiger partial charge in [-0.25, -0.2) is 9.37 Å². The van der Waals surface area contributed by atoms with Crippen LogP contribution in [-0.2, 0) is 15.1 Å². The third-order valence-electron chi connectivity index (χ3n) is 5.60. The van der Waals surface area contributed by atoms with Crippen molar-refractivity contribution in [1.82, 2.24) is 10.3 Å². The second kappa shape index (κ2) is 9.81. The zero-order valence-electron chi connectivity index (χ0n) is 18.1. The van der Waals surface area contributed by atoms with E-state index < -0.39 is 16.7 Å². The molecule has 0 radical (unpaired) electrons. The SMILES string of the molecule is O=C1CC(c2ccsc2)(c2cccc(Oc3ccc(F)cc3)n2)NC(=O)C1Sc1ccccc1Cl. The molecular formula is C26H18ClFN2O3S2. The van der Waals surface area contributed by atoms with E-state index in [1.54, 1.807) is 36.4 Å². The standard InChI is InChI=1S/C26H18ClFN2O3S2/c27-19-4-1-2-5-21(19)35-24-20(31)14-26(30-25(24)32,16-12-13-34-15-16)22-6-3-7-23(29-22)33-18-10-8-17(28)9-11-18/h1-13,15,24H,14H2,(H,30,32). The van der Waals surface area contributed by atoms with Crippen LogP contribution in [-0.4, -0.2) is 21.9 Å². The molecule has 1 fully saturated rings. The molecule has 0 saturated carbocycles. The second-order valence-electron chi connectivity index (χ2n) is 7.90. The van der Waals surface area contributed by atoms with Gasteiger partial charge in [0, 0.05) is 17.4 Å². The smallest absolute Gasteiger partial charge is 0.242 e. The summed E-state index contributed by atoms with van der Waals surface area (Å²) in [6.45, 7) is 0. The number of piperidine rings is 1. The Morgan fingerprint density at radius 3 is 2.57 bits per heavy atom. The number of nitrogens with one attached hydrogen (secondary N) is 1. The Hall–Kier alpha value is -3.20. The summed E-state index contributed by atoms with van der Waals surface area (Å²) in [4.78, 5) is 32.0. The minimum Gasteiger partial charge on any atom is -0.439 e. The maximum absolute atomic E-state index is 13.4. The summed E-state index contributed by atoms with van der Waals surface area (Å²) in [6.07, 6.45) is 0.0184. The lowest BCUT2D eigenvalue weighted by Gasteiger charge is -2.39. The lowest BCUT2D eigenvalue weighted by atomic mass is 9.79. The Morgan fingerprint density at radius 1 is 1.06 bits per heavy atom. The first kappa shape index (κ1) is 23.5. The molecule has 1 saturated heterocycles. The highest BCUT2D eigenvalue weighted by molar-refractivity contribution is 8.01. The van der Waals surface area contributed by atoms with Crippen molar-refractivity contribution in [3.05, 3.63) is 106 Å². The van der Waals surface area contributed by atoms with E-state index in [-0.39, 0.29) is 23.9 Å². The minimum absolute atomic E-state index is 0.0184. The number of carbonyl (C=O) groups excluding carboxylic acids is 2. The van der Waals surface area contributed by atoms with E-state index in [2.05, 4.69) is 10.3 Å². The van der Waals surface area contributed by atoms with E-state index in [0.29, 0.717) is 21.4 Å². The Labute approximate surface area is 214 Å². The highest BCUT2D eigenvalue weighted by Gasteiger charge is 2.48. The molecule has 3 heterocycles. The van der Waals surface area contributed by atoms with Crippen LogP contribution in [0.4, 0.5) is 4.39 Å². The molecule has 2 atom stereocenters. The molecule has 0 aliphatic carbocycles. The molecule has 0 spiro atoms. The maximum atomic E-state index is 13.4. The molecule has 5 rings (SSSR count). The average Bonchev–Trinajstić information content (AvgIpc) is 3.40. The largest absolute Gasteiger partial charge is 0.439 e. The number of benzene rings is 2. The first-order valence-electron chi connectivity index (χ1n) is 10.6. The van der Waals surface area contributed by atoms with Gasteiger partial charge in [0.2, 0.25) is 11.8 Å². The van der Waals surface area contributed by atoms with Crippen molar-refractivity contribution in [3.8, 4) is 11.6 Å². The number of halogens is 2. The van der Waals surface area contributed by atoms with Crippen LogP contribution in [0.15, 0.2) is 88.5 Å². The predicted octanol–water partition coefficient (Wildman–Crippen LogP) is 6.22. The highest BCUT2D eigenvalue weighted by atomic mass is 35.5. The summed E-state index contributed by atoms with van der Waals surface area (Å²) in [6, 6.07) is 19.7. The number of hydrogen-bond acceptors (Lipinski definition) is 6.